The van der Waals surface area contributed by atoms with Gasteiger partial charge in [0.05, 0.1) is 6.10 Å². The predicted octanol–water partition coefficient (Wildman–Crippen LogP) is -1.86. The van der Waals surface area contributed by atoms with Crippen LogP contribution in [0.25, 0.3) is 0 Å². The van der Waals surface area contributed by atoms with E-state index in [0.29, 0.717) is 0 Å². The Balaban J connectivity index is 2.25. The van der Waals surface area contributed by atoms with Gasteiger partial charge in [0.15, 0.2) is 0 Å². The Morgan fingerprint density at radius 3 is 2.33 bits per heavy atom. The minimum atomic E-state index is -1.34. The molecule has 0 bridgehead atoms. The minimum absolute atomic E-state index is 0.0696. The lowest BCUT2D eigenvalue weighted by Crippen LogP contribution is -2.50. The average Bonchev–Trinajstić information content (AvgIpc) is 2.73. The number of nitrogens with two attached hydrogens (primary N) is 2. The summed E-state index contributed by atoms with van der Waals surface area (Å²) in [6.07, 6.45) is -2.31. The highest BCUT2D eigenvalue weighted by Crippen LogP contribution is 2.27. The Morgan fingerprint density at radius 2 is 1.81 bits per heavy atom. The number of hydrogen-bond donors (Lipinski definition) is 4. The van der Waals surface area contributed by atoms with Crippen molar-refractivity contribution in [1.82, 2.24) is 4.90 Å². The zero-order valence-electron chi connectivity index (χ0n) is 11.3. The van der Waals surface area contributed by atoms with Crippen LogP contribution in [0.4, 0.5) is 0 Å². The van der Waals surface area contributed by atoms with E-state index >= 15 is 0 Å². The summed E-state index contributed by atoms with van der Waals surface area (Å²) in [6, 6.07) is 8.06. The number of primary amides is 2. The predicted molar refractivity (Wildman–Crippen MR) is 74.3 cm³/mol. The molecule has 21 heavy (non-hydrogen) atoms. The average molecular weight is 292 g/mol. The minimum Gasteiger partial charge on any atom is -0.389 e. The van der Waals surface area contributed by atoms with Gasteiger partial charge in [0.2, 0.25) is 11.8 Å². The van der Waals surface area contributed by atoms with Crippen LogP contribution in [-0.4, -0.2) is 51.7 Å². The molecular formula is C14H18N3O4. The van der Waals surface area contributed by atoms with Crippen molar-refractivity contribution in [2.75, 3.05) is 6.54 Å². The summed E-state index contributed by atoms with van der Waals surface area (Å²) >= 11 is 0. The summed E-state index contributed by atoms with van der Waals surface area (Å²) in [5, 5.41) is 19.6. The largest absolute Gasteiger partial charge is 0.389 e. The molecule has 2 amide bonds. The number of aliphatic hydroxyl groups is 2. The molecule has 113 valence electrons. The molecule has 0 aliphatic carbocycles. The molecule has 0 saturated carbocycles. The van der Waals surface area contributed by atoms with Crippen LogP contribution >= 0.6 is 0 Å². The van der Waals surface area contributed by atoms with Crippen LogP contribution in [0.1, 0.15) is 5.56 Å². The molecule has 6 N–H and O–H groups in total. The molecule has 7 heteroatoms. The molecule has 1 heterocycles. The van der Waals surface area contributed by atoms with E-state index in [2.05, 4.69) is 0 Å². The highest BCUT2D eigenvalue weighted by molar-refractivity contribution is 5.90. The van der Waals surface area contributed by atoms with Crippen LogP contribution in [0.5, 0.6) is 0 Å². The van der Waals surface area contributed by atoms with Crippen molar-refractivity contribution < 1.29 is 19.8 Å². The number of β-amino-alcohol motifs (C(OH)–C–C–N with tert-alkyl or cyclic N) is 1. The van der Waals surface area contributed by atoms with Gasteiger partial charge >= 0.3 is 0 Å². The fraction of sp³-hybridized carbons (Fsp3) is 0.357. The van der Waals surface area contributed by atoms with E-state index in [1.54, 1.807) is 0 Å². The lowest BCUT2D eigenvalue weighted by molar-refractivity contribution is -0.126. The molecule has 1 aliphatic rings. The van der Waals surface area contributed by atoms with Crippen molar-refractivity contribution in [2.24, 2.45) is 11.5 Å². The van der Waals surface area contributed by atoms with Crippen LogP contribution < -0.4 is 11.5 Å². The van der Waals surface area contributed by atoms with Gasteiger partial charge in [0.25, 0.3) is 0 Å². The van der Waals surface area contributed by atoms with Gasteiger partial charge in [-0.05, 0) is 5.56 Å². The van der Waals surface area contributed by atoms with Crippen molar-refractivity contribution >= 4 is 11.8 Å². The second kappa shape index (κ2) is 6.21. The second-order valence-corrected chi connectivity index (χ2v) is 5.03. The van der Waals surface area contributed by atoms with E-state index in [1.165, 1.54) is 4.90 Å². The van der Waals surface area contributed by atoms with Crippen LogP contribution in [0, 0.1) is 6.04 Å². The molecule has 3 atom stereocenters. The van der Waals surface area contributed by atoms with Crippen LogP contribution in [-0.2, 0) is 16.0 Å². The quantitative estimate of drug-likeness (QED) is 0.505. The Hall–Kier alpha value is -1.96. The number of carbonyl (C=O) groups is 2. The summed E-state index contributed by atoms with van der Waals surface area (Å²) in [5.74, 6) is -1.53. The van der Waals surface area contributed by atoms with Crippen molar-refractivity contribution in [3.63, 3.8) is 0 Å². The molecule has 1 aromatic rings. The number of amides is 2. The van der Waals surface area contributed by atoms with Crippen molar-refractivity contribution in [1.29, 1.82) is 0 Å². The summed E-state index contributed by atoms with van der Waals surface area (Å²) in [5.41, 5.74) is 11.5. The summed E-state index contributed by atoms with van der Waals surface area (Å²) in [7, 11) is 0. The number of aliphatic hydroxyl groups excluding tert-OH is 2. The zero-order chi connectivity index (χ0) is 15.6. The Morgan fingerprint density at radius 1 is 1.19 bits per heavy atom. The van der Waals surface area contributed by atoms with Crippen LogP contribution in [0.15, 0.2) is 30.3 Å². The zero-order valence-corrected chi connectivity index (χ0v) is 11.3. The van der Waals surface area contributed by atoms with Gasteiger partial charge in [-0.1, -0.05) is 30.3 Å². The number of likely N-dealkylation sites (tertiary alicyclic amines) is 1. The molecule has 0 unspecified atom stereocenters. The van der Waals surface area contributed by atoms with Crippen LogP contribution in [0.2, 0.25) is 0 Å². The molecular weight excluding hydrogens is 274 g/mol. The molecule has 1 saturated heterocycles. The van der Waals surface area contributed by atoms with E-state index in [4.69, 9.17) is 11.5 Å². The summed E-state index contributed by atoms with van der Waals surface area (Å²) in [6.45, 7) is -0.0696. The van der Waals surface area contributed by atoms with Gasteiger partial charge in [0.1, 0.15) is 18.2 Å². The smallest absolute Gasteiger partial charge is 0.240 e. The highest BCUT2D eigenvalue weighted by atomic mass is 16.3. The topological polar surface area (TPSA) is 130 Å². The van der Waals surface area contributed by atoms with Gasteiger partial charge < -0.3 is 21.7 Å². The third kappa shape index (κ3) is 3.21. The van der Waals surface area contributed by atoms with Gasteiger partial charge in [0, 0.05) is 13.0 Å². The van der Waals surface area contributed by atoms with E-state index in [0.717, 1.165) is 5.56 Å². The Bertz CT molecular complexity index is 522. The maximum absolute atomic E-state index is 11.7. The van der Waals surface area contributed by atoms with E-state index in [9.17, 15) is 19.8 Å². The lowest BCUT2D eigenvalue weighted by Gasteiger charge is -2.28. The first-order chi connectivity index (χ1) is 9.91. The summed E-state index contributed by atoms with van der Waals surface area (Å²) in [4.78, 5) is 24.5. The number of nitrogens with zero attached hydrogens (tertiary/aromatic N) is 1. The molecule has 1 aromatic carbocycles. The molecule has 1 fully saturated rings. The van der Waals surface area contributed by atoms with Gasteiger partial charge in [-0.2, -0.15) is 0 Å². The van der Waals surface area contributed by atoms with Gasteiger partial charge in [-0.25, -0.2) is 0 Å². The third-order valence-corrected chi connectivity index (χ3v) is 3.57. The SMILES string of the molecule is NC(=O)[C](Cc1ccccc1)N1C[C@H](O)[C@H](O)[C@H]1C(N)=O. The maximum atomic E-state index is 11.7. The standard InChI is InChI=1S/C14H18N3O4/c15-13(20)9(6-8-4-2-1-3-5-8)17-7-10(18)12(19)11(17)14(16)21/h1-5,10-12,18-19H,6-7H2,(H2,15,20)(H2,16,21)/t10-,11-,12-/m0/s1. The molecule has 1 aliphatic heterocycles. The first-order valence-corrected chi connectivity index (χ1v) is 6.53. The fourth-order valence-electron chi connectivity index (χ4n) is 2.54. The van der Waals surface area contributed by atoms with E-state index in [-0.39, 0.29) is 19.0 Å². The van der Waals surface area contributed by atoms with E-state index in [1.807, 2.05) is 30.3 Å². The molecule has 0 spiro atoms. The van der Waals surface area contributed by atoms with Gasteiger partial charge in [-0.15, -0.1) is 0 Å². The maximum Gasteiger partial charge on any atom is 0.240 e. The third-order valence-electron chi connectivity index (χ3n) is 3.57. The molecule has 7 nitrogen and oxygen atoms in total. The van der Waals surface area contributed by atoms with Crippen LogP contribution in [0.3, 0.4) is 0 Å². The number of benzene rings is 1. The Kier molecular flexibility index (Phi) is 4.56. The Labute approximate surface area is 122 Å². The molecule has 2 rings (SSSR count). The molecule has 1 radical (unpaired) electrons. The number of carbonyl (C=O) groups excluding carboxylic acids is 2. The first-order valence-electron chi connectivity index (χ1n) is 6.53. The summed E-state index contributed by atoms with van der Waals surface area (Å²) < 4.78 is 0. The molecule has 0 aromatic heterocycles. The van der Waals surface area contributed by atoms with Crippen molar-refractivity contribution in [3.8, 4) is 0 Å². The van der Waals surface area contributed by atoms with Gasteiger partial charge in [-0.3, -0.25) is 14.5 Å². The van der Waals surface area contributed by atoms with E-state index < -0.39 is 30.1 Å². The van der Waals surface area contributed by atoms with Crippen molar-refractivity contribution in [3.05, 3.63) is 41.9 Å². The van der Waals surface area contributed by atoms with Crippen molar-refractivity contribution in [2.45, 2.75) is 24.7 Å². The normalized spacial score (nSPS) is 26.1. The lowest BCUT2D eigenvalue weighted by atomic mass is 10.0. The second-order valence-electron chi connectivity index (χ2n) is 5.03. The number of rotatable bonds is 5. The highest BCUT2D eigenvalue weighted by Gasteiger charge is 2.47. The first kappa shape index (κ1) is 15.4. The number of hydrogen-bond acceptors (Lipinski definition) is 5. The monoisotopic (exact) mass is 292 g/mol. The fourth-order valence-corrected chi connectivity index (χ4v) is 2.54.